The topological polar surface area (TPSA) is 96.0 Å². The van der Waals surface area contributed by atoms with Gasteiger partial charge in [0.2, 0.25) is 0 Å². The summed E-state index contributed by atoms with van der Waals surface area (Å²) >= 11 is 0. The van der Waals surface area contributed by atoms with E-state index in [0.717, 1.165) is 23.3 Å². The number of hydrogen-bond acceptors (Lipinski definition) is 5. The van der Waals surface area contributed by atoms with Crippen molar-refractivity contribution in [3.63, 3.8) is 0 Å². The number of ether oxygens (including phenoxy) is 1. The average Bonchev–Trinajstić information content (AvgIpc) is 3.28. The summed E-state index contributed by atoms with van der Waals surface area (Å²) in [6.07, 6.45) is 4.48. The minimum atomic E-state index is -1.54. The zero-order valence-corrected chi connectivity index (χ0v) is 18.3. The van der Waals surface area contributed by atoms with Gasteiger partial charge in [-0.1, -0.05) is 31.9 Å². The Labute approximate surface area is 182 Å². The lowest BCUT2D eigenvalue weighted by Crippen LogP contribution is -2.55. The van der Waals surface area contributed by atoms with Gasteiger partial charge in [-0.25, -0.2) is 9.69 Å². The largest absolute Gasteiger partial charge is 0.495 e. The van der Waals surface area contributed by atoms with Crippen molar-refractivity contribution in [2.24, 2.45) is 5.41 Å². The Morgan fingerprint density at radius 1 is 1.29 bits per heavy atom. The predicted molar refractivity (Wildman–Crippen MR) is 116 cm³/mol. The van der Waals surface area contributed by atoms with Crippen LogP contribution < -0.4 is 10.1 Å². The molecule has 4 amide bonds. The number of anilines is 1. The Kier molecular flexibility index (Phi) is 6.48. The number of aryl methyl sites for hydroxylation is 1. The molecule has 8 heteroatoms. The zero-order valence-electron chi connectivity index (χ0n) is 18.3. The van der Waals surface area contributed by atoms with Gasteiger partial charge in [-0.3, -0.25) is 14.4 Å². The molecule has 1 aromatic rings. The van der Waals surface area contributed by atoms with E-state index in [-0.39, 0.29) is 13.1 Å². The molecule has 8 nitrogen and oxygen atoms in total. The molecule has 1 saturated heterocycles. The van der Waals surface area contributed by atoms with Gasteiger partial charge >= 0.3 is 6.03 Å². The second-order valence-corrected chi connectivity index (χ2v) is 8.44. The highest BCUT2D eigenvalue weighted by Gasteiger charge is 2.51. The van der Waals surface area contributed by atoms with Crippen molar-refractivity contribution in [1.82, 2.24) is 9.80 Å². The molecule has 0 aromatic heterocycles. The number of carbonyl (C=O) groups excluding carboxylic acids is 4. The highest BCUT2D eigenvalue weighted by Crippen LogP contribution is 2.40. The minimum absolute atomic E-state index is 0.159. The number of benzene rings is 1. The van der Waals surface area contributed by atoms with Gasteiger partial charge in [0.25, 0.3) is 11.8 Å². The first-order chi connectivity index (χ1) is 14.7. The molecule has 1 heterocycles. The highest BCUT2D eigenvalue weighted by molar-refractivity contribution is 6.19. The van der Waals surface area contributed by atoms with Crippen LogP contribution in [0.2, 0.25) is 0 Å². The third-order valence-electron chi connectivity index (χ3n) is 6.09. The molecule has 0 bridgehead atoms. The molecule has 2 fully saturated rings. The summed E-state index contributed by atoms with van der Waals surface area (Å²) in [6.45, 7) is 7.24. The molecule has 166 valence electrons. The fraction of sp³-hybridized carbons (Fsp3) is 0.478. The number of rotatable bonds is 8. The molecule has 3 rings (SSSR count). The number of ketones is 1. The van der Waals surface area contributed by atoms with Crippen molar-refractivity contribution in [2.45, 2.75) is 45.6 Å². The van der Waals surface area contributed by atoms with Crippen molar-refractivity contribution >= 4 is 29.3 Å². The summed E-state index contributed by atoms with van der Waals surface area (Å²) in [5.74, 6) is -1.27. The van der Waals surface area contributed by atoms with Crippen molar-refractivity contribution in [1.29, 1.82) is 0 Å². The lowest BCUT2D eigenvalue weighted by atomic mass is 9.80. The lowest BCUT2D eigenvalue weighted by Gasteiger charge is -2.31. The Morgan fingerprint density at radius 2 is 1.97 bits per heavy atom. The molecule has 0 spiro atoms. The summed E-state index contributed by atoms with van der Waals surface area (Å²) in [5.41, 5.74) is 0.501. The molecular weight excluding hydrogens is 398 g/mol. The summed E-state index contributed by atoms with van der Waals surface area (Å²) < 4.78 is 5.31. The second kappa shape index (κ2) is 8.91. The van der Waals surface area contributed by atoms with E-state index < -0.39 is 35.1 Å². The number of nitrogens with one attached hydrogen (secondary N) is 1. The van der Waals surface area contributed by atoms with Crippen molar-refractivity contribution in [2.75, 3.05) is 25.5 Å². The molecule has 2 aliphatic rings. The number of Topliss-reactive ketones (excluding diaryl/α,β-unsaturated/α-hetero) is 1. The maximum atomic E-state index is 13.6. The number of urea groups is 1. The van der Waals surface area contributed by atoms with E-state index in [9.17, 15) is 19.2 Å². The van der Waals surface area contributed by atoms with E-state index in [1.54, 1.807) is 12.1 Å². The summed E-state index contributed by atoms with van der Waals surface area (Å²) in [7, 11) is 1.48. The van der Waals surface area contributed by atoms with E-state index in [2.05, 4.69) is 11.9 Å². The Balaban J connectivity index is 1.98. The first-order valence-electron chi connectivity index (χ1n) is 10.4. The van der Waals surface area contributed by atoms with E-state index in [1.165, 1.54) is 18.1 Å². The van der Waals surface area contributed by atoms with Crippen molar-refractivity contribution < 1.29 is 23.9 Å². The van der Waals surface area contributed by atoms with Crippen LogP contribution in [0, 0.1) is 12.3 Å². The van der Waals surface area contributed by atoms with E-state index in [0.29, 0.717) is 24.3 Å². The van der Waals surface area contributed by atoms with Gasteiger partial charge in [0.15, 0.2) is 11.8 Å². The fourth-order valence-electron chi connectivity index (χ4n) is 4.32. The predicted octanol–water partition coefficient (Wildman–Crippen LogP) is 2.91. The van der Waals surface area contributed by atoms with E-state index in [1.807, 2.05) is 19.9 Å². The molecule has 1 N–H and O–H groups in total. The summed E-state index contributed by atoms with van der Waals surface area (Å²) in [6, 6.07) is 3.06. The molecule has 0 radical (unpaired) electrons. The summed E-state index contributed by atoms with van der Waals surface area (Å²) in [5, 5.41) is 2.72. The number of imide groups is 1. The quantitative estimate of drug-likeness (QED) is 0.391. The smallest absolute Gasteiger partial charge is 0.328 e. The first-order valence-corrected chi connectivity index (χ1v) is 10.4. The molecule has 1 atom stereocenters. The average molecular weight is 428 g/mol. The molecule has 1 aromatic carbocycles. The Morgan fingerprint density at radius 3 is 2.58 bits per heavy atom. The molecular formula is C23H29N3O5. The number of hydrogen-bond donors (Lipinski definition) is 1. The van der Waals surface area contributed by atoms with Gasteiger partial charge in [0.1, 0.15) is 12.3 Å². The van der Waals surface area contributed by atoms with Crippen LogP contribution in [0.4, 0.5) is 10.5 Å². The van der Waals surface area contributed by atoms with Crippen LogP contribution in [-0.4, -0.2) is 59.7 Å². The number of amides is 4. The van der Waals surface area contributed by atoms with Gasteiger partial charge in [0, 0.05) is 12.0 Å². The van der Waals surface area contributed by atoms with Crippen LogP contribution >= 0.6 is 0 Å². The monoisotopic (exact) mass is 427 g/mol. The first kappa shape index (κ1) is 22.5. The molecule has 1 unspecified atom stereocenters. The van der Waals surface area contributed by atoms with Crippen molar-refractivity contribution in [3.05, 3.63) is 36.4 Å². The van der Waals surface area contributed by atoms with E-state index in [4.69, 9.17) is 4.74 Å². The van der Waals surface area contributed by atoms with E-state index >= 15 is 0 Å². The maximum Gasteiger partial charge on any atom is 0.328 e. The van der Waals surface area contributed by atoms with Crippen LogP contribution in [0.15, 0.2) is 30.9 Å². The minimum Gasteiger partial charge on any atom is -0.495 e. The maximum absolute atomic E-state index is 13.6. The lowest BCUT2D eigenvalue weighted by molar-refractivity contribution is -0.143. The molecule has 31 heavy (non-hydrogen) atoms. The summed E-state index contributed by atoms with van der Waals surface area (Å²) in [4.78, 5) is 54.7. The van der Waals surface area contributed by atoms with Gasteiger partial charge < -0.3 is 15.0 Å². The van der Waals surface area contributed by atoms with Gasteiger partial charge in [-0.05, 0) is 37.5 Å². The fourth-order valence-corrected chi connectivity index (χ4v) is 4.32. The van der Waals surface area contributed by atoms with Gasteiger partial charge in [-0.15, -0.1) is 6.58 Å². The van der Waals surface area contributed by atoms with Crippen LogP contribution in [0.5, 0.6) is 5.75 Å². The van der Waals surface area contributed by atoms with Crippen molar-refractivity contribution in [3.8, 4) is 5.75 Å². The second-order valence-electron chi connectivity index (χ2n) is 8.44. The number of carbonyl (C=O) groups is 4. The third-order valence-corrected chi connectivity index (χ3v) is 6.09. The molecule has 1 saturated carbocycles. The van der Waals surface area contributed by atoms with Gasteiger partial charge in [-0.2, -0.15) is 0 Å². The standard InChI is InChI=1S/C23H29N3O5/c1-5-12-25-14-18(27)26(22(25)30)19(20(28)23(3)10-6-7-11-23)21(29)24-16-13-15(2)8-9-17(16)31-4/h5,8-9,13,19H,1,6-7,10-12,14H2,2-4H3,(H,24,29). The van der Waals surface area contributed by atoms with Gasteiger partial charge in [0.05, 0.1) is 12.8 Å². The SMILES string of the molecule is C=CCN1CC(=O)N(C(C(=O)Nc2cc(C)ccc2OC)C(=O)C2(C)CCCC2)C1=O. The highest BCUT2D eigenvalue weighted by atomic mass is 16.5. The number of methoxy groups -OCH3 is 1. The molecule has 1 aliphatic heterocycles. The zero-order chi connectivity index (χ0) is 22.8. The van der Waals surface area contributed by atoms with Crippen LogP contribution in [0.3, 0.4) is 0 Å². The molecule has 1 aliphatic carbocycles. The normalized spacial score (nSPS) is 18.8. The third kappa shape index (κ3) is 4.33. The van der Waals surface area contributed by atoms with Crippen LogP contribution in [-0.2, 0) is 14.4 Å². The van der Waals surface area contributed by atoms with Crippen LogP contribution in [0.25, 0.3) is 0 Å². The Hall–Kier alpha value is -3.16. The van der Waals surface area contributed by atoms with Crippen LogP contribution in [0.1, 0.15) is 38.2 Å². The Bertz CT molecular complexity index is 920. The number of nitrogens with zero attached hydrogens (tertiary/aromatic N) is 2.